The predicted octanol–water partition coefficient (Wildman–Crippen LogP) is 3.02. The summed E-state index contributed by atoms with van der Waals surface area (Å²) < 4.78 is 10.8. The zero-order valence-electron chi connectivity index (χ0n) is 11.8. The lowest BCUT2D eigenvalue weighted by Crippen LogP contribution is -2.44. The van der Waals surface area contributed by atoms with E-state index in [1.165, 1.54) is 0 Å². The van der Waals surface area contributed by atoms with Gasteiger partial charge in [-0.2, -0.15) is 11.3 Å². The van der Waals surface area contributed by atoms with Gasteiger partial charge in [0.1, 0.15) is 0 Å². The third kappa shape index (κ3) is 3.67. The van der Waals surface area contributed by atoms with Gasteiger partial charge in [-0.05, 0) is 40.1 Å². The van der Waals surface area contributed by atoms with Gasteiger partial charge in [-0.1, -0.05) is 23.7 Å². The van der Waals surface area contributed by atoms with Crippen LogP contribution < -0.4 is 5.32 Å². The lowest BCUT2D eigenvalue weighted by atomic mass is 10.0. The van der Waals surface area contributed by atoms with Crippen molar-refractivity contribution in [1.29, 1.82) is 0 Å². The molecule has 1 aliphatic heterocycles. The summed E-state index contributed by atoms with van der Waals surface area (Å²) in [5, 5.41) is 7.73. The third-order valence-electron chi connectivity index (χ3n) is 3.47. The summed E-state index contributed by atoms with van der Waals surface area (Å²) in [5.74, 6) is -0.161. The number of amides is 1. The number of thiophene rings is 1. The minimum Gasteiger partial charge on any atom is -0.376 e. The van der Waals surface area contributed by atoms with Crippen molar-refractivity contribution in [2.75, 3.05) is 19.8 Å². The van der Waals surface area contributed by atoms with Crippen molar-refractivity contribution < 1.29 is 14.3 Å². The Morgan fingerprint density at radius 2 is 2.05 bits per heavy atom. The maximum atomic E-state index is 12.4. The minimum atomic E-state index is -0.554. The molecule has 0 spiro atoms. The smallest absolute Gasteiger partial charge is 0.252 e. The van der Waals surface area contributed by atoms with E-state index in [-0.39, 0.29) is 11.9 Å². The van der Waals surface area contributed by atoms with Crippen molar-refractivity contribution in [3.63, 3.8) is 0 Å². The molecule has 0 radical (unpaired) electrons. The summed E-state index contributed by atoms with van der Waals surface area (Å²) in [4.78, 5) is 12.4. The summed E-state index contributed by atoms with van der Waals surface area (Å²) in [5.41, 5.74) is 2.02. The molecule has 1 aromatic carbocycles. The fourth-order valence-corrected chi connectivity index (χ4v) is 3.14. The molecule has 0 bridgehead atoms. The molecular weight excluding hydrogens is 322 g/mol. The first-order valence-corrected chi connectivity index (χ1v) is 8.33. The maximum absolute atomic E-state index is 12.4. The molecule has 0 aliphatic carbocycles. The molecule has 1 aromatic heterocycles. The van der Waals surface area contributed by atoms with Crippen LogP contribution in [0.4, 0.5) is 0 Å². The van der Waals surface area contributed by atoms with Crippen LogP contribution in [0.2, 0.25) is 5.02 Å². The van der Waals surface area contributed by atoms with Crippen LogP contribution >= 0.6 is 22.9 Å². The van der Waals surface area contributed by atoms with Crippen molar-refractivity contribution in [2.24, 2.45) is 0 Å². The number of carbonyl (C=O) groups is 1. The van der Waals surface area contributed by atoms with E-state index in [1.807, 2.05) is 41.1 Å². The zero-order valence-corrected chi connectivity index (χ0v) is 13.4. The van der Waals surface area contributed by atoms with Gasteiger partial charge in [0.05, 0.1) is 25.9 Å². The Kier molecular flexibility index (Phi) is 5.10. The fraction of sp³-hybridized carbons (Fsp3) is 0.312. The van der Waals surface area contributed by atoms with Gasteiger partial charge in [0.2, 0.25) is 0 Å². The molecule has 2 aromatic rings. The molecule has 3 rings (SSSR count). The van der Waals surface area contributed by atoms with Crippen molar-refractivity contribution in [3.8, 4) is 0 Å². The Balaban J connectivity index is 1.79. The minimum absolute atomic E-state index is 0.161. The van der Waals surface area contributed by atoms with Gasteiger partial charge in [-0.25, -0.2) is 0 Å². The Hall–Kier alpha value is -1.40. The quantitative estimate of drug-likeness (QED) is 0.933. The summed E-state index contributed by atoms with van der Waals surface area (Å²) in [6, 6.07) is 9.27. The number of halogens is 1. The molecule has 22 heavy (non-hydrogen) atoms. The monoisotopic (exact) mass is 337 g/mol. The van der Waals surface area contributed by atoms with Crippen LogP contribution in [0.1, 0.15) is 17.2 Å². The zero-order chi connectivity index (χ0) is 15.4. The van der Waals surface area contributed by atoms with Crippen LogP contribution in [0, 0.1) is 0 Å². The second-order valence-corrected chi connectivity index (χ2v) is 6.20. The van der Waals surface area contributed by atoms with Crippen LogP contribution in [0.5, 0.6) is 0 Å². The number of rotatable bonds is 4. The molecule has 1 aliphatic rings. The molecule has 6 heteroatoms. The molecule has 0 saturated carbocycles. The lowest BCUT2D eigenvalue weighted by Gasteiger charge is -2.25. The highest BCUT2D eigenvalue weighted by molar-refractivity contribution is 7.08. The highest BCUT2D eigenvalue weighted by Gasteiger charge is 2.26. The Labute approximate surface area is 138 Å². The average Bonchev–Trinajstić information content (AvgIpc) is 3.08. The lowest BCUT2D eigenvalue weighted by molar-refractivity contribution is -0.148. The highest BCUT2D eigenvalue weighted by atomic mass is 35.5. The number of nitrogens with one attached hydrogen (secondary N) is 1. The van der Waals surface area contributed by atoms with Crippen molar-refractivity contribution in [2.45, 2.75) is 12.1 Å². The average molecular weight is 338 g/mol. The Bertz CT molecular complexity index is 609. The van der Waals surface area contributed by atoms with Crippen LogP contribution in [0.15, 0.2) is 41.1 Å². The third-order valence-corrected chi connectivity index (χ3v) is 4.43. The fourth-order valence-electron chi connectivity index (χ4n) is 2.33. The first-order chi connectivity index (χ1) is 10.7. The molecule has 1 amide bonds. The molecule has 2 atom stereocenters. The molecule has 4 nitrogen and oxygen atoms in total. The second-order valence-electron chi connectivity index (χ2n) is 4.98. The van der Waals surface area contributed by atoms with Crippen LogP contribution in [0.25, 0.3) is 0 Å². The van der Waals surface area contributed by atoms with Crippen LogP contribution in [-0.4, -0.2) is 31.8 Å². The van der Waals surface area contributed by atoms with Crippen molar-refractivity contribution in [1.82, 2.24) is 5.32 Å². The molecule has 1 N–H and O–H groups in total. The van der Waals surface area contributed by atoms with Crippen LogP contribution in [-0.2, 0) is 14.3 Å². The van der Waals surface area contributed by atoms with E-state index in [9.17, 15) is 4.79 Å². The number of hydrogen-bond donors (Lipinski definition) is 1. The maximum Gasteiger partial charge on any atom is 0.252 e. The number of hydrogen-bond acceptors (Lipinski definition) is 4. The van der Waals surface area contributed by atoms with E-state index < -0.39 is 6.10 Å². The normalized spacial score (nSPS) is 19.6. The second kappa shape index (κ2) is 7.24. The topological polar surface area (TPSA) is 47.6 Å². The summed E-state index contributed by atoms with van der Waals surface area (Å²) >= 11 is 7.54. The van der Waals surface area contributed by atoms with Gasteiger partial charge in [-0.15, -0.1) is 0 Å². The van der Waals surface area contributed by atoms with E-state index in [2.05, 4.69) is 5.32 Å². The summed E-state index contributed by atoms with van der Waals surface area (Å²) in [6.07, 6.45) is -0.554. The number of carbonyl (C=O) groups excluding carboxylic acids is 1. The van der Waals surface area contributed by atoms with Gasteiger partial charge < -0.3 is 14.8 Å². The number of benzene rings is 1. The summed E-state index contributed by atoms with van der Waals surface area (Å²) in [7, 11) is 0. The van der Waals surface area contributed by atoms with E-state index in [4.69, 9.17) is 21.1 Å². The molecule has 1 fully saturated rings. The van der Waals surface area contributed by atoms with Crippen LogP contribution in [0.3, 0.4) is 0 Å². The first kappa shape index (κ1) is 15.5. The standard InChI is InChI=1S/C16H16ClNO3S/c17-13-3-1-11(2-4-13)15(12-5-8-22-10-12)18-16(19)14-9-20-6-7-21-14/h1-5,8,10,14-15H,6-7,9H2,(H,18,19)/t14-,15-/m1/s1. The SMILES string of the molecule is O=C(N[C@H](c1ccc(Cl)cc1)c1ccsc1)[C@H]1COCCO1. The van der Waals surface area contributed by atoms with Gasteiger partial charge >= 0.3 is 0 Å². The molecule has 1 saturated heterocycles. The van der Waals surface area contributed by atoms with Crippen molar-refractivity contribution in [3.05, 3.63) is 57.2 Å². The Morgan fingerprint density at radius 3 is 2.68 bits per heavy atom. The highest BCUT2D eigenvalue weighted by Crippen LogP contribution is 2.25. The molecular formula is C16H16ClNO3S. The Morgan fingerprint density at radius 1 is 1.23 bits per heavy atom. The van der Waals surface area contributed by atoms with E-state index >= 15 is 0 Å². The van der Waals surface area contributed by atoms with Gasteiger partial charge in [-0.3, -0.25) is 4.79 Å². The largest absolute Gasteiger partial charge is 0.376 e. The van der Waals surface area contributed by atoms with Gasteiger partial charge in [0.15, 0.2) is 6.10 Å². The predicted molar refractivity (Wildman–Crippen MR) is 86.3 cm³/mol. The van der Waals surface area contributed by atoms with E-state index in [0.29, 0.717) is 24.8 Å². The van der Waals surface area contributed by atoms with Gasteiger partial charge in [0, 0.05) is 5.02 Å². The van der Waals surface area contributed by atoms with Gasteiger partial charge in [0.25, 0.3) is 5.91 Å². The number of ether oxygens (including phenoxy) is 2. The molecule has 0 unspecified atom stereocenters. The molecule has 2 heterocycles. The van der Waals surface area contributed by atoms with E-state index in [0.717, 1.165) is 11.1 Å². The van der Waals surface area contributed by atoms with Crippen molar-refractivity contribution >= 4 is 28.8 Å². The first-order valence-electron chi connectivity index (χ1n) is 7.01. The molecule has 116 valence electrons. The summed E-state index contributed by atoms with van der Waals surface area (Å²) in [6.45, 7) is 1.28. The van der Waals surface area contributed by atoms with E-state index in [1.54, 1.807) is 11.3 Å².